The molecule has 0 N–H and O–H groups in total. The Bertz CT molecular complexity index is 752. The van der Waals surface area contributed by atoms with Gasteiger partial charge in [0.2, 0.25) is 0 Å². The lowest BCUT2D eigenvalue weighted by molar-refractivity contribution is 0.629. The summed E-state index contributed by atoms with van der Waals surface area (Å²) in [5, 5.41) is 0.721. The maximum Gasteiger partial charge on any atom is 0.160 e. The van der Waals surface area contributed by atoms with Gasteiger partial charge in [0.1, 0.15) is 11.3 Å². The van der Waals surface area contributed by atoms with Crippen molar-refractivity contribution in [3.8, 4) is 0 Å². The Morgan fingerprint density at radius 3 is 2.85 bits per heavy atom. The third-order valence-electron chi connectivity index (χ3n) is 3.36. The number of halogens is 2. The van der Waals surface area contributed by atoms with Crippen LogP contribution in [-0.4, -0.2) is 14.5 Å². The summed E-state index contributed by atoms with van der Waals surface area (Å²) in [4.78, 5) is 8.96. The summed E-state index contributed by atoms with van der Waals surface area (Å²) in [6.07, 6.45) is 1.77. The van der Waals surface area contributed by atoms with Crippen LogP contribution in [0.1, 0.15) is 24.4 Å². The molecule has 0 saturated heterocycles. The van der Waals surface area contributed by atoms with Crippen LogP contribution in [0, 0.1) is 0 Å². The molecule has 0 aliphatic heterocycles. The minimum absolute atomic E-state index is 0.0716. The van der Waals surface area contributed by atoms with Gasteiger partial charge < -0.3 is 4.57 Å². The summed E-state index contributed by atoms with van der Waals surface area (Å²) in [6, 6.07) is 11.7. The van der Waals surface area contributed by atoms with Crippen molar-refractivity contribution < 1.29 is 0 Å². The molecule has 5 heteroatoms. The van der Waals surface area contributed by atoms with Gasteiger partial charge in [0.15, 0.2) is 5.65 Å². The second-order valence-corrected chi connectivity index (χ2v) is 5.31. The van der Waals surface area contributed by atoms with Crippen molar-refractivity contribution in [1.82, 2.24) is 14.5 Å². The highest BCUT2D eigenvalue weighted by molar-refractivity contribution is 6.30. The Hall–Kier alpha value is -1.58. The van der Waals surface area contributed by atoms with Crippen LogP contribution in [-0.2, 0) is 5.88 Å². The predicted molar refractivity (Wildman–Crippen MR) is 82.4 cm³/mol. The SMILES string of the molecule is CC(c1cccc(Cl)c1)n1c(CCl)nc2cccnc21. The highest BCUT2D eigenvalue weighted by Crippen LogP contribution is 2.27. The van der Waals surface area contributed by atoms with Gasteiger partial charge in [0.25, 0.3) is 0 Å². The van der Waals surface area contributed by atoms with E-state index in [1.54, 1.807) is 6.20 Å². The average Bonchev–Trinajstić information content (AvgIpc) is 2.85. The topological polar surface area (TPSA) is 30.7 Å². The first kappa shape index (κ1) is 13.4. The van der Waals surface area contributed by atoms with Gasteiger partial charge in [-0.05, 0) is 36.8 Å². The third-order valence-corrected chi connectivity index (χ3v) is 3.83. The minimum atomic E-state index is 0.0716. The average molecular weight is 306 g/mol. The first-order chi connectivity index (χ1) is 9.70. The molecule has 0 aliphatic carbocycles. The summed E-state index contributed by atoms with van der Waals surface area (Å²) in [5.74, 6) is 1.16. The van der Waals surface area contributed by atoms with E-state index in [0.717, 1.165) is 27.6 Å². The van der Waals surface area contributed by atoms with Gasteiger partial charge >= 0.3 is 0 Å². The van der Waals surface area contributed by atoms with Crippen molar-refractivity contribution in [2.24, 2.45) is 0 Å². The molecule has 3 aromatic rings. The highest BCUT2D eigenvalue weighted by Gasteiger charge is 2.17. The van der Waals surface area contributed by atoms with Gasteiger partial charge in [-0.1, -0.05) is 23.7 Å². The molecule has 3 nitrogen and oxygen atoms in total. The number of pyridine rings is 1. The second kappa shape index (κ2) is 5.43. The molecule has 0 saturated carbocycles. The lowest BCUT2D eigenvalue weighted by atomic mass is 10.1. The molecule has 102 valence electrons. The fraction of sp³-hybridized carbons (Fsp3) is 0.200. The molecular formula is C15H13Cl2N3. The molecule has 20 heavy (non-hydrogen) atoms. The van der Waals surface area contributed by atoms with Crippen LogP contribution in [0.4, 0.5) is 0 Å². The van der Waals surface area contributed by atoms with E-state index in [9.17, 15) is 0 Å². The Kier molecular flexibility index (Phi) is 3.64. The summed E-state index contributed by atoms with van der Waals surface area (Å²) in [6.45, 7) is 2.09. The molecule has 0 amide bonds. The van der Waals surface area contributed by atoms with E-state index in [1.165, 1.54) is 0 Å². The summed E-state index contributed by atoms with van der Waals surface area (Å²) in [7, 11) is 0. The number of rotatable bonds is 3. The Balaban J connectivity index is 2.17. The number of hydrogen-bond donors (Lipinski definition) is 0. The van der Waals surface area contributed by atoms with E-state index in [0.29, 0.717) is 5.88 Å². The van der Waals surface area contributed by atoms with Crippen molar-refractivity contribution in [1.29, 1.82) is 0 Å². The Labute approximate surface area is 127 Å². The predicted octanol–water partition coefficient (Wildman–Crippen LogP) is 4.43. The molecule has 0 aliphatic rings. The largest absolute Gasteiger partial charge is 0.304 e. The third kappa shape index (κ3) is 2.28. The fourth-order valence-corrected chi connectivity index (χ4v) is 2.78. The minimum Gasteiger partial charge on any atom is -0.304 e. The van der Waals surface area contributed by atoms with Gasteiger partial charge in [-0.2, -0.15) is 0 Å². The number of benzene rings is 1. The maximum atomic E-state index is 6.08. The number of nitrogens with zero attached hydrogens (tertiary/aromatic N) is 3. The number of aromatic nitrogens is 3. The number of imidazole rings is 1. The van der Waals surface area contributed by atoms with E-state index in [4.69, 9.17) is 23.2 Å². The van der Waals surface area contributed by atoms with Gasteiger partial charge in [0, 0.05) is 11.2 Å². The summed E-state index contributed by atoms with van der Waals surface area (Å²) >= 11 is 12.1. The first-order valence-electron chi connectivity index (χ1n) is 6.34. The van der Waals surface area contributed by atoms with Gasteiger partial charge in [-0.3, -0.25) is 0 Å². The number of fused-ring (bicyclic) bond motifs is 1. The van der Waals surface area contributed by atoms with Crippen LogP contribution in [0.5, 0.6) is 0 Å². The summed E-state index contributed by atoms with van der Waals surface area (Å²) in [5.41, 5.74) is 2.81. The molecule has 1 aromatic carbocycles. The standard InChI is InChI=1S/C15H13Cl2N3/c1-10(11-4-2-5-12(17)8-11)20-14(9-16)19-13-6-3-7-18-15(13)20/h2-8,10H,9H2,1H3. The molecule has 1 atom stereocenters. The molecule has 0 spiro atoms. The quantitative estimate of drug-likeness (QED) is 0.670. The van der Waals surface area contributed by atoms with Crippen LogP contribution in [0.2, 0.25) is 5.02 Å². The first-order valence-corrected chi connectivity index (χ1v) is 7.25. The Morgan fingerprint density at radius 1 is 1.25 bits per heavy atom. The number of hydrogen-bond acceptors (Lipinski definition) is 2. The molecule has 3 rings (SSSR count). The van der Waals surface area contributed by atoms with E-state index in [2.05, 4.69) is 21.5 Å². The van der Waals surface area contributed by atoms with Crippen molar-refractivity contribution in [3.63, 3.8) is 0 Å². The van der Waals surface area contributed by atoms with Crippen LogP contribution in [0.3, 0.4) is 0 Å². The summed E-state index contributed by atoms with van der Waals surface area (Å²) < 4.78 is 2.06. The number of alkyl halides is 1. The Morgan fingerprint density at radius 2 is 2.10 bits per heavy atom. The van der Waals surface area contributed by atoms with E-state index in [1.807, 2.05) is 36.4 Å². The van der Waals surface area contributed by atoms with Gasteiger partial charge in [-0.25, -0.2) is 9.97 Å². The highest BCUT2D eigenvalue weighted by atomic mass is 35.5. The van der Waals surface area contributed by atoms with Crippen LogP contribution in [0.15, 0.2) is 42.6 Å². The van der Waals surface area contributed by atoms with Crippen molar-refractivity contribution in [2.45, 2.75) is 18.8 Å². The second-order valence-electron chi connectivity index (χ2n) is 4.61. The lowest BCUT2D eigenvalue weighted by Crippen LogP contribution is -2.10. The van der Waals surface area contributed by atoms with E-state index >= 15 is 0 Å². The van der Waals surface area contributed by atoms with Crippen LogP contribution < -0.4 is 0 Å². The van der Waals surface area contributed by atoms with Crippen molar-refractivity contribution >= 4 is 34.4 Å². The molecule has 0 fully saturated rings. The fourth-order valence-electron chi connectivity index (χ4n) is 2.39. The van der Waals surface area contributed by atoms with Gasteiger partial charge in [0.05, 0.1) is 11.9 Å². The zero-order valence-electron chi connectivity index (χ0n) is 10.9. The molecule has 0 radical (unpaired) electrons. The van der Waals surface area contributed by atoms with E-state index < -0.39 is 0 Å². The molecule has 0 bridgehead atoms. The zero-order valence-corrected chi connectivity index (χ0v) is 12.4. The molecule has 2 aromatic heterocycles. The van der Waals surface area contributed by atoms with Crippen LogP contribution in [0.25, 0.3) is 11.2 Å². The lowest BCUT2D eigenvalue weighted by Gasteiger charge is -2.17. The van der Waals surface area contributed by atoms with Crippen molar-refractivity contribution in [3.05, 3.63) is 59.0 Å². The zero-order chi connectivity index (χ0) is 14.1. The van der Waals surface area contributed by atoms with Gasteiger partial charge in [-0.15, -0.1) is 11.6 Å². The molecule has 1 unspecified atom stereocenters. The van der Waals surface area contributed by atoms with E-state index in [-0.39, 0.29) is 6.04 Å². The maximum absolute atomic E-state index is 6.08. The molecular weight excluding hydrogens is 293 g/mol. The normalized spacial score (nSPS) is 12.8. The smallest absolute Gasteiger partial charge is 0.160 e. The van der Waals surface area contributed by atoms with Crippen molar-refractivity contribution in [2.75, 3.05) is 0 Å². The van der Waals surface area contributed by atoms with Crippen LogP contribution >= 0.6 is 23.2 Å². The molecule has 2 heterocycles. The monoisotopic (exact) mass is 305 g/mol.